The second kappa shape index (κ2) is 6.29. The van der Waals surface area contributed by atoms with Crippen LogP contribution in [0, 0.1) is 3.57 Å². The molecule has 0 aromatic heterocycles. The smallest absolute Gasteiger partial charge is 0.247 e. The molecule has 2 aromatic rings. The topological polar surface area (TPSA) is 63.4 Å². The van der Waals surface area contributed by atoms with E-state index >= 15 is 0 Å². The summed E-state index contributed by atoms with van der Waals surface area (Å²) in [6, 6.07) is 14.7. The fourth-order valence-corrected chi connectivity index (χ4v) is 3.79. The van der Waals surface area contributed by atoms with Gasteiger partial charge in [0.25, 0.3) is 0 Å². The Morgan fingerprint density at radius 1 is 1.14 bits per heavy atom. The first-order valence-corrected chi connectivity index (χ1v) is 8.65. The zero-order chi connectivity index (χ0) is 15.7. The van der Waals surface area contributed by atoms with Crippen LogP contribution < -0.4 is 10.6 Å². The Bertz CT molecular complexity index is 733. The molecule has 2 N–H and O–H groups in total. The van der Waals surface area contributed by atoms with Crippen LogP contribution in [-0.4, -0.2) is 17.1 Å². The van der Waals surface area contributed by atoms with E-state index in [2.05, 4.69) is 22.6 Å². The van der Waals surface area contributed by atoms with Crippen molar-refractivity contribution in [3.63, 3.8) is 0 Å². The number of carbonyl (C=O) groups excluding carboxylic acids is 2. The number of thioether (sulfide) groups is 1. The lowest BCUT2D eigenvalue weighted by molar-refractivity contribution is -0.121. The monoisotopic (exact) mass is 424 g/mol. The lowest BCUT2D eigenvalue weighted by Crippen LogP contribution is -2.31. The molecule has 0 radical (unpaired) electrons. The van der Waals surface area contributed by atoms with E-state index in [-0.39, 0.29) is 18.2 Å². The first-order valence-electron chi connectivity index (χ1n) is 6.69. The van der Waals surface area contributed by atoms with Crippen LogP contribution in [0.25, 0.3) is 0 Å². The molecule has 6 heteroatoms. The summed E-state index contributed by atoms with van der Waals surface area (Å²) in [6.07, 6.45) is 0.213. The molecule has 0 bridgehead atoms. The van der Waals surface area contributed by atoms with Crippen molar-refractivity contribution in [3.05, 3.63) is 52.1 Å². The Kier molecular flexibility index (Phi) is 4.39. The number of nitrogens with two attached hydrogens (primary N) is 1. The van der Waals surface area contributed by atoms with Crippen LogP contribution in [0.15, 0.2) is 53.4 Å². The maximum absolute atomic E-state index is 12.5. The third-order valence-corrected chi connectivity index (χ3v) is 5.22. The highest BCUT2D eigenvalue weighted by Gasteiger charge is 2.40. The van der Waals surface area contributed by atoms with Gasteiger partial charge in [-0.2, -0.15) is 0 Å². The van der Waals surface area contributed by atoms with Gasteiger partial charge in [0.05, 0.1) is 10.9 Å². The second-order valence-corrected chi connectivity index (χ2v) is 7.45. The molecule has 112 valence electrons. The Labute approximate surface area is 146 Å². The van der Waals surface area contributed by atoms with Crippen molar-refractivity contribution in [1.29, 1.82) is 0 Å². The van der Waals surface area contributed by atoms with Crippen LogP contribution in [0.5, 0.6) is 0 Å². The predicted octanol–water partition coefficient (Wildman–Crippen LogP) is 3.30. The summed E-state index contributed by atoms with van der Waals surface area (Å²) in [5, 5.41) is -0.395. The highest BCUT2D eigenvalue weighted by molar-refractivity contribution is 14.1. The van der Waals surface area contributed by atoms with Gasteiger partial charge in [-0.05, 0) is 65.1 Å². The molecule has 0 aliphatic carbocycles. The van der Waals surface area contributed by atoms with Gasteiger partial charge in [-0.3, -0.25) is 9.59 Å². The summed E-state index contributed by atoms with van der Waals surface area (Å²) < 4.78 is 1.06. The fourth-order valence-electron chi connectivity index (χ4n) is 2.31. The molecule has 1 unspecified atom stereocenters. The largest absolute Gasteiger partial charge is 0.399 e. The number of anilines is 2. The van der Waals surface area contributed by atoms with Crippen molar-refractivity contribution in [2.24, 2.45) is 0 Å². The SMILES string of the molecule is Nc1cccc(SC2CC(=O)N(c3ccc(I)cc3)C2=O)c1. The molecule has 3 rings (SSSR count). The Hall–Kier alpha value is -1.54. The summed E-state index contributed by atoms with van der Waals surface area (Å²) in [6.45, 7) is 0. The molecule has 0 saturated carbocycles. The molecule has 1 saturated heterocycles. The van der Waals surface area contributed by atoms with Gasteiger partial charge in [-0.15, -0.1) is 11.8 Å². The molecule has 22 heavy (non-hydrogen) atoms. The Morgan fingerprint density at radius 2 is 1.86 bits per heavy atom. The first-order chi connectivity index (χ1) is 10.5. The first kappa shape index (κ1) is 15.4. The molecule has 4 nitrogen and oxygen atoms in total. The number of halogens is 1. The average Bonchev–Trinajstić information content (AvgIpc) is 2.75. The van der Waals surface area contributed by atoms with Crippen molar-refractivity contribution in [3.8, 4) is 0 Å². The summed E-state index contributed by atoms with van der Waals surface area (Å²) >= 11 is 3.57. The number of imide groups is 1. The molecule has 1 aliphatic rings. The van der Waals surface area contributed by atoms with Gasteiger partial charge in [-0.1, -0.05) is 6.07 Å². The lowest BCUT2D eigenvalue weighted by atomic mass is 10.3. The minimum atomic E-state index is -0.395. The molecular formula is C16H13IN2O2S. The standard InChI is InChI=1S/C16H13IN2O2S/c17-10-4-6-12(7-5-10)19-15(20)9-14(16(19)21)22-13-3-1-2-11(18)8-13/h1-8,14H,9,18H2. The van der Waals surface area contributed by atoms with E-state index in [4.69, 9.17) is 5.73 Å². The highest BCUT2D eigenvalue weighted by atomic mass is 127. The fraction of sp³-hybridized carbons (Fsp3) is 0.125. The highest BCUT2D eigenvalue weighted by Crippen LogP contribution is 2.34. The normalized spacial score (nSPS) is 18.0. The molecule has 1 fully saturated rings. The number of rotatable bonds is 3. The van der Waals surface area contributed by atoms with E-state index in [0.717, 1.165) is 8.47 Å². The van der Waals surface area contributed by atoms with Gasteiger partial charge in [-0.25, -0.2) is 4.90 Å². The second-order valence-electron chi connectivity index (χ2n) is 4.93. The van der Waals surface area contributed by atoms with E-state index in [0.29, 0.717) is 11.4 Å². The summed E-state index contributed by atoms with van der Waals surface area (Å²) in [4.78, 5) is 26.9. The minimum Gasteiger partial charge on any atom is -0.399 e. The third-order valence-electron chi connectivity index (χ3n) is 3.33. The van der Waals surface area contributed by atoms with Crippen LogP contribution in [-0.2, 0) is 9.59 Å². The third kappa shape index (κ3) is 3.12. The number of nitrogen functional groups attached to an aromatic ring is 1. The Balaban J connectivity index is 1.81. The van der Waals surface area contributed by atoms with Crippen LogP contribution in [0.4, 0.5) is 11.4 Å². The van der Waals surface area contributed by atoms with Crippen molar-refractivity contribution < 1.29 is 9.59 Å². The van der Waals surface area contributed by atoms with Gasteiger partial charge in [0.15, 0.2) is 0 Å². The van der Waals surface area contributed by atoms with Crippen LogP contribution in [0.1, 0.15) is 6.42 Å². The minimum absolute atomic E-state index is 0.160. The number of amides is 2. The number of carbonyl (C=O) groups is 2. The van der Waals surface area contributed by atoms with Crippen LogP contribution in [0.3, 0.4) is 0 Å². The van der Waals surface area contributed by atoms with Crippen LogP contribution in [0.2, 0.25) is 0 Å². The molecule has 1 heterocycles. The summed E-state index contributed by atoms with van der Waals surface area (Å²) in [5.41, 5.74) is 7.03. The Morgan fingerprint density at radius 3 is 2.55 bits per heavy atom. The number of benzene rings is 2. The van der Waals surface area contributed by atoms with Gasteiger partial charge in [0, 0.05) is 20.6 Å². The number of nitrogens with zero attached hydrogens (tertiary/aromatic N) is 1. The predicted molar refractivity (Wildman–Crippen MR) is 96.8 cm³/mol. The zero-order valence-electron chi connectivity index (χ0n) is 11.5. The van der Waals surface area contributed by atoms with Gasteiger partial charge < -0.3 is 5.73 Å². The van der Waals surface area contributed by atoms with E-state index in [1.807, 2.05) is 30.3 Å². The lowest BCUT2D eigenvalue weighted by Gasteiger charge is -2.15. The average molecular weight is 424 g/mol. The molecule has 1 atom stereocenters. The van der Waals surface area contributed by atoms with E-state index < -0.39 is 5.25 Å². The quantitative estimate of drug-likeness (QED) is 0.467. The van der Waals surface area contributed by atoms with E-state index in [9.17, 15) is 9.59 Å². The number of hydrogen-bond acceptors (Lipinski definition) is 4. The van der Waals surface area contributed by atoms with Gasteiger partial charge in [0.1, 0.15) is 0 Å². The van der Waals surface area contributed by atoms with Gasteiger partial charge in [0.2, 0.25) is 11.8 Å². The maximum atomic E-state index is 12.5. The van der Waals surface area contributed by atoms with Crippen molar-refractivity contribution in [2.75, 3.05) is 10.6 Å². The maximum Gasteiger partial charge on any atom is 0.247 e. The van der Waals surface area contributed by atoms with Crippen molar-refractivity contribution in [2.45, 2.75) is 16.6 Å². The molecule has 2 amide bonds. The molecule has 2 aromatic carbocycles. The summed E-state index contributed by atoms with van der Waals surface area (Å²) in [7, 11) is 0. The van der Waals surface area contributed by atoms with E-state index in [1.54, 1.807) is 18.2 Å². The van der Waals surface area contributed by atoms with Gasteiger partial charge >= 0.3 is 0 Å². The van der Waals surface area contributed by atoms with E-state index in [1.165, 1.54) is 16.7 Å². The van der Waals surface area contributed by atoms with Crippen molar-refractivity contribution in [1.82, 2.24) is 0 Å². The number of hydrogen-bond donors (Lipinski definition) is 1. The molecule has 0 spiro atoms. The summed E-state index contributed by atoms with van der Waals surface area (Å²) in [5.74, 6) is -0.328. The van der Waals surface area contributed by atoms with Crippen LogP contribution >= 0.6 is 34.4 Å². The molecular weight excluding hydrogens is 411 g/mol. The molecule has 1 aliphatic heterocycles. The van der Waals surface area contributed by atoms with Crippen molar-refractivity contribution >= 4 is 57.5 Å². The zero-order valence-corrected chi connectivity index (χ0v) is 14.5.